The van der Waals surface area contributed by atoms with E-state index in [1.54, 1.807) is 24.3 Å². The number of hydrogen-bond acceptors (Lipinski definition) is 4. The fourth-order valence-corrected chi connectivity index (χ4v) is 2.84. The van der Waals surface area contributed by atoms with Crippen LogP contribution in [0.15, 0.2) is 24.3 Å². The summed E-state index contributed by atoms with van der Waals surface area (Å²) in [6.07, 6.45) is 1.37. The van der Waals surface area contributed by atoms with E-state index in [0.29, 0.717) is 18.7 Å². The van der Waals surface area contributed by atoms with Crippen molar-refractivity contribution in [2.45, 2.75) is 67.0 Å². The summed E-state index contributed by atoms with van der Waals surface area (Å²) >= 11 is 0. The molecule has 142 valence electrons. The molecule has 6 heteroatoms. The number of amides is 1. The Morgan fingerprint density at radius 2 is 1.72 bits per heavy atom. The first-order chi connectivity index (χ1) is 11.5. The third kappa shape index (κ3) is 7.46. The van der Waals surface area contributed by atoms with Gasteiger partial charge in [0.15, 0.2) is 0 Å². The molecule has 0 saturated carbocycles. The van der Waals surface area contributed by atoms with Crippen LogP contribution in [0.1, 0.15) is 59.9 Å². The van der Waals surface area contributed by atoms with Crippen LogP contribution in [-0.4, -0.2) is 31.0 Å². The van der Waals surface area contributed by atoms with Gasteiger partial charge in [-0.05, 0) is 43.4 Å². The van der Waals surface area contributed by atoms with Gasteiger partial charge in [0.05, 0.1) is 5.75 Å². The third-order valence-electron chi connectivity index (χ3n) is 3.98. The van der Waals surface area contributed by atoms with Gasteiger partial charge in [0.1, 0.15) is 5.75 Å². The molecule has 1 unspecified atom stereocenters. The Kier molecular flexibility index (Phi) is 7.47. The van der Waals surface area contributed by atoms with Gasteiger partial charge in [0.2, 0.25) is 5.91 Å². The van der Waals surface area contributed by atoms with E-state index in [9.17, 15) is 13.2 Å². The minimum absolute atomic E-state index is 0.0605. The van der Waals surface area contributed by atoms with Crippen molar-refractivity contribution < 1.29 is 17.4 Å². The van der Waals surface area contributed by atoms with E-state index in [1.807, 2.05) is 11.8 Å². The van der Waals surface area contributed by atoms with Gasteiger partial charge in [0, 0.05) is 19.0 Å². The monoisotopic (exact) mass is 369 g/mol. The summed E-state index contributed by atoms with van der Waals surface area (Å²) in [4.78, 5) is 14.6. The summed E-state index contributed by atoms with van der Waals surface area (Å²) in [5.74, 6) is 0.357. The highest BCUT2D eigenvalue weighted by molar-refractivity contribution is 7.87. The molecule has 5 nitrogen and oxygen atoms in total. The van der Waals surface area contributed by atoms with Crippen molar-refractivity contribution >= 4 is 16.0 Å². The maximum absolute atomic E-state index is 12.7. The van der Waals surface area contributed by atoms with Gasteiger partial charge in [-0.15, -0.1) is 0 Å². The maximum Gasteiger partial charge on any atom is 0.308 e. The molecule has 1 aromatic rings. The molecule has 1 amide bonds. The van der Waals surface area contributed by atoms with Crippen molar-refractivity contribution in [2.24, 2.45) is 5.41 Å². The van der Waals surface area contributed by atoms with Crippen molar-refractivity contribution in [2.75, 3.05) is 5.75 Å². The molecular weight excluding hydrogens is 338 g/mol. The second-order valence-corrected chi connectivity index (χ2v) is 9.45. The average molecular weight is 370 g/mol. The normalized spacial score (nSPS) is 13.4. The second kappa shape index (κ2) is 8.70. The SMILES string of the molecule is CCC(C)N(Cc1ccc(OS(=O)(=O)CC)cc1)C(=O)CC(C)(C)C. The lowest BCUT2D eigenvalue weighted by molar-refractivity contribution is -0.135. The van der Waals surface area contributed by atoms with E-state index in [4.69, 9.17) is 4.18 Å². The molecule has 0 bridgehead atoms. The Bertz CT molecular complexity index is 660. The third-order valence-corrected chi connectivity index (χ3v) is 5.13. The molecule has 0 aliphatic rings. The maximum atomic E-state index is 12.7. The highest BCUT2D eigenvalue weighted by atomic mass is 32.2. The summed E-state index contributed by atoms with van der Waals surface area (Å²) in [5.41, 5.74) is 0.887. The van der Waals surface area contributed by atoms with Crippen molar-refractivity contribution in [1.82, 2.24) is 4.90 Å². The van der Waals surface area contributed by atoms with Crippen molar-refractivity contribution in [1.29, 1.82) is 0 Å². The molecule has 1 aromatic carbocycles. The molecule has 0 heterocycles. The molecule has 0 N–H and O–H groups in total. The van der Waals surface area contributed by atoms with Gasteiger partial charge >= 0.3 is 10.1 Å². The van der Waals surface area contributed by atoms with E-state index in [-0.39, 0.29) is 23.1 Å². The lowest BCUT2D eigenvalue weighted by Crippen LogP contribution is -2.39. The number of carbonyl (C=O) groups excluding carboxylic acids is 1. The van der Waals surface area contributed by atoms with Crippen LogP contribution in [-0.2, 0) is 21.5 Å². The first-order valence-electron chi connectivity index (χ1n) is 8.78. The van der Waals surface area contributed by atoms with Crippen LogP contribution < -0.4 is 4.18 Å². The molecule has 1 rings (SSSR count). The standard InChI is InChI=1S/C19H31NO4S/c1-7-15(3)20(18(21)13-19(4,5)6)14-16-9-11-17(12-10-16)24-25(22,23)8-2/h9-12,15H,7-8,13-14H2,1-6H3. The lowest BCUT2D eigenvalue weighted by Gasteiger charge is -2.31. The Morgan fingerprint density at radius 3 is 2.16 bits per heavy atom. The van der Waals surface area contributed by atoms with Crippen LogP contribution in [0.2, 0.25) is 0 Å². The topological polar surface area (TPSA) is 63.7 Å². The zero-order valence-electron chi connectivity index (χ0n) is 16.2. The highest BCUT2D eigenvalue weighted by Gasteiger charge is 2.24. The number of hydrogen-bond donors (Lipinski definition) is 0. The van der Waals surface area contributed by atoms with Gasteiger partial charge in [0.25, 0.3) is 0 Å². The molecule has 0 radical (unpaired) electrons. The van der Waals surface area contributed by atoms with Crippen LogP contribution in [0.25, 0.3) is 0 Å². The number of benzene rings is 1. The largest absolute Gasteiger partial charge is 0.382 e. The highest BCUT2D eigenvalue weighted by Crippen LogP contribution is 2.23. The minimum Gasteiger partial charge on any atom is -0.382 e. The van der Waals surface area contributed by atoms with Gasteiger partial charge in [-0.2, -0.15) is 8.42 Å². The number of rotatable bonds is 8. The molecule has 25 heavy (non-hydrogen) atoms. The molecule has 1 atom stereocenters. The van der Waals surface area contributed by atoms with Crippen LogP contribution >= 0.6 is 0 Å². The fraction of sp³-hybridized carbons (Fsp3) is 0.632. The van der Waals surface area contributed by atoms with Crippen molar-refractivity contribution in [3.8, 4) is 5.75 Å². The van der Waals surface area contributed by atoms with E-state index in [1.165, 1.54) is 6.92 Å². The smallest absolute Gasteiger partial charge is 0.308 e. The second-order valence-electron chi connectivity index (χ2n) is 7.59. The fourth-order valence-electron chi connectivity index (χ4n) is 2.32. The van der Waals surface area contributed by atoms with Crippen LogP contribution in [0.4, 0.5) is 0 Å². The van der Waals surface area contributed by atoms with Crippen LogP contribution in [0.3, 0.4) is 0 Å². The first kappa shape index (κ1) is 21.5. The summed E-state index contributed by atoms with van der Waals surface area (Å²) in [6, 6.07) is 7.02. The molecule has 0 aliphatic carbocycles. The van der Waals surface area contributed by atoms with Crippen LogP contribution in [0, 0.1) is 5.41 Å². The summed E-state index contributed by atoms with van der Waals surface area (Å²) in [5, 5.41) is 0. The summed E-state index contributed by atoms with van der Waals surface area (Å²) in [6.45, 7) is 12.3. The van der Waals surface area contributed by atoms with Gasteiger partial charge in [-0.25, -0.2) is 0 Å². The number of nitrogens with zero attached hydrogens (tertiary/aromatic N) is 1. The summed E-state index contributed by atoms with van der Waals surface area (Å²) in [7, 11) is -3.52. The quantitative estimate of drug-likeness (QED) is 0.650. The Morgan fingerprint density at radius 1 is 1.16 bits per heavy atom. The molecule has 0 aliphatic heterocycles. The Labute approximate surface area is 152 Å². The minimum atomic E-state index is -3.52. The zero-order chi connectivity index (χ0) is 19.3. The van der Waals surface area contributed by atoms with E-state index in [0.717, 1.165) is 12.0 Å². The first-order valence-corrected chi connectivity index (χ1v) is 10.4. The zero-order valence-corrected chi connectivity index (χ0v) is 17.0. The molecule has 0 aromatic heterocycles. The Hall–Kier alpha value is -1.56. The molecule has 0 spiro atoms. The molecule has 0 fully saturated rings. The van der Waals surface area contributed by atoms with Crippen molar-refractivity contribution in [3.63, 3.8) is 0 Å². The van der Waals surface area contributed by atoms with Gasteiger partial charge in [-0.1, -0.05) is 39.8 Å². The van der Waals surface area contributed by atoms with Gasteiger partial charge in [-0.3, -0.25) is 4.79 Å². The van der Waals surface area contributed by atoms with Gasteiger partial charge < -0.3 is 9.08 Å². The molecule has 0 saturated heterocycles. The van der Waals surface area contributed by atoms with Crippen LogP contribution in [0.5, 0.6) is 5.75 Å². The van der Waals surface area contributed by atoms with E-state index < -0.39 is 10.1 Å². The van der Waals surface area contributed by atoms with E-state index >= 15 is 0 Å². The lowest BCUT2D eigenvalue weighted by atomic mass is 9.91. The average Bonchev–Trinajstić information content (AvgIpc) is 2.51. The van der Waals surface area contributed by atoms with Crippen molar-refractivity contribution in [3.05, 3.63) is 29.8 Å². The Balaban J connectivity index is 2.89. The van der Waals surface area contributed by atoms with E-state index in [2.05, 4.69) is 27.7 Å². The predicted octanol–water partition coefficient (Wildman–Crippen LogP) is 3.98. The predicted molar refractivity (Wildman–Crippen MR) is 101 cm³/mol. The molecular formula is C19H31NO4S. The summed E-state index contributed by atoms with van der Waals surface area (Å²) < 4.78 is 28.0. The number of carbonyl (C=O) groups is 1.